The average Bonchev–Trinajstić information content (AvgIpc) is 3.02. The van der Waals surface area contributed by atoms with Gasteiger partial charge < -0.3 is 4.74 Å². The number of carbonyl (C=O) groups is 2. The predicted molar refractivity (Wildman–Crippen MR) is 128 cm³/mol. The van der Waals surface area contributed by atoms with Gasteiger partial charge in [-0.05, 0) is 64.6 Å². The molecule has 4 nitrogen and oxygen atoms in total. The van der Waals surface area contributed by atoms with Crippen molar-refractivity contribution in [2.45, 2.75) is 76.4 Å². The van der Waals surface area contributed by atoms with Gasteiger partial charge in [0.05, 0.1) is 11.3 Å². The maximum Gasteiger partial charge on any atom is 0.573 e. The highest BCUT2D eigenvalue weighted by atomic mass is 32.2. The lowest BCUT2D eigenvalue weighted by Gasteiger charge is -2.43. The van der Waals surface area contributed by atoms with E-state index in [1.165, 1.54) is 18.2 Å². The molecular formula is C26H25F6NO3S. The Bertz CT molecular complexity index is 1250. The summed E-state index contributed by atoms with van der Waals surface area (Å²) in [4.78, 5) is 26.5. The number of nitrogens with zero attached hydrogens (tertiary/aromatic N) is 1. The van der Waals surface area contributed by atoms with E-state index in [1.807, 2.05) is 27.7 Å². The largest absolute Gasteiger partial charge is 0.573 e. The van der Waals surface area contributed by atoms with E-state index in [-0.39, 0.29) is 12.0 Å². The van der Waals surface area contributed by atoms with Crippen molar-refractivity contribution in [2.24, 2.45) is 0 Å². The number of benzene rings is 2. The van der Waals surface area contributed by atoms with Gasteiger partial charge in [0, 0.05) is 18.2 Å². The molecule has 11 heteroatoms. The lowest BCUT2D eigenvalue weighted by molar-refractivity contribution is -0.274. The zero-order chi connectivity index (χ0) is 27.6. The van der Waals surface area contributed by atoms with Gasteiger partial charge in [-0.15, -0.1) is 13.2 Å². The van der Waals surface area contributed by atoms with Crippen LogP contribution in [0, 0.1) is 0 Å². The van der Waals surface area contributed by atoms with E-state index < -0.39 is 56.8 Å². The first-order valence-corrected chi connectivity index (χ1v) is 12.4. The number of alkyl halides is 6. The number of carbonyl (C=O) groups excluding carboxylic acids is 2. The Morgan fingerprint density at radius 2 is 1.54 bits per heavy atom. The lowest BCUT2D eigenvalue weighted by Crippen LogP contribution is -2.40. The molecule has 2 aliphatic rings. The van der Waals surface area contributed by atoms with Gasteiger partial charge in [0.15, 0.2) is 0 Å². The quantitative estimate of drug-likeness (QED) is 0.369. The smallest absolute Gasteiger partial charge is 0.406 e. The van der Waals surface area contributed by atoms with Crippen molar-refractivity contribution in [1.29, 1.82) is 0 Å². The molecule has 37 heavy (non-hydrogen) atoms. The van der Waals surface area contributed by atoms with Gasteiger partial charge in [0.25, 0.3) is 5.24 Å². The summed E-state index contributed by atoms with van der Waals surface area (Å²) >= 11 is 0.291. The molecule has 1 unspecified atom stereocenters. The Kier molecular flexibility index (Phi) is 6.62. The maximum absolute atomic E-state index is 14.4. The van der Waals surface area contributed by atoms with Crippen LogP contribution in [0.5, 0.6) is 5.75 Å². The number of amides is 1. The third kappa shape index (κ3) is 5.46. The maximum atomic E-state index is 14.4. The first-order chi connectivity index (χ1) is 16.9. The molecule has 1 aliphatic carbocycles. The number of fused-ring (bicyclic) bond motifs is 1. The minimum atomic E-state index is -4.94. The molecule has 1 heterocycles. The van der Waals surface area contributed by atoms with Crippen LogP contribution < -0.4 is 9.64 Å². The summed E-state index contributed by atoms with van der Waals surface area (Å²) in [7, 11) is 0. The molecule has 0 saturated carbocycles. The van der Waals surface area contributed by atoms with Crippen LogP contribution in [0.3, 0.4) is 0 Å². The second-order valence-electron chi connectivity index (χ2n) is 10.7. The predicted octanol–water partition coefficient (Wildman–Crippen LogP) is 7.76. The van der Waals surface area contributed by atoms with Crippen LogP contribution in [0.25, 0.3) is 0 Å². The van der Waals surface area contributed by atoms with Crippen LogP contribution in [0.2, 0.25) is 0 Å². The number of hydrogen-bond donors (Lipinski definition) is 0. The first kappa shape index (κ1) is 27.3. The van der Waals surface area contributed by atoms with Crippen molar-refractivity contribution in [3.63, 3.8) is 0 Å². The van der Waals surface area contributed by atoms with E-state index in [0.29, 0.717) is 29.3 Å². The summed E-state index contributed by atoms with van der Waals surface area (Å²) in [6.07, 6.45) is -8.64. The SMILES string of the molecule is CC1(C)CCC(C)(C)c2cc(C(F)(F)F)c(N3C(=O)SC(=O)C3Cc3cccc(OC(F)(F)F)c3)cc21. The average molecular weight is 546 g/mol. The van der Waals surface area contributed by atoms with Crippen molar-refractivity contribution in [3.8, 4) is 5.75 Å². The third-order valence-corrected chi connectivity index (χ3v) is 7.91. The first-order valence-electron chi connectivity index (χ1n) is 11.5. The molecule has 1 saturated heterocycles. The van der Waals surface area contributed by atoms with Gasteiger partial charge in [-0.1, -0.05) is 39.8 Å². The van der Waals surface area contributed by atoms with E-state index in [9.17, 15) is 35.9 Å². The molecule has 0 aromatic heterocycles. The highest BCUT2D eigenvalue weighted by Crippen LogP contribution is 2.51. The molecular weight excluding hydrogens is 520 g/mol. The minimum Gasteiger partial charge on any atom is -0.406 e. The van der Waals surface area contributed by atoms with Gasteiger partial charge in [-0.3, -0.25) is 14.5 Å². The number of hydrogen-bond acceptors (Lipinski definition) is 4. The fourth-order valence-corrected chi connectivity index (χ4v) is 5.82. The second kappa shape index (κ2) is 8.96. The van der Waals surface area contributed by atoms with Crippen LogP contribution in [0.1, 0.15) is 62.8 Å². The normalized spacial score (nSPS) is 21.2. The number of anilines is 1. The van der Waals surface area contributed by atoms with Crippen LogP contribution in [0.15, 0.2) is 36.4 Å². The highest BCUT2D eigenvalue weighted by Gasteiger charge is 2.48. The second-order valence-corrected chi connectivity index (χ2v) is 11.6. The molecule has 0 bridgehead atoms. The van der Waals surface area contributed by atoms with Gasteiger partial charge in [-0.2, -0.15) is 13.2 Å². The van der Waals surface area contributed by atoms with E-state index >= 15 is 0 Å². The monoisotopic (exact) mass is 545 g/mol. The van der Waals surface area contributed by atoms with Gasteiger partial charge in [0.2, 0.25) is 5.12 Å². The number of halogens is 6. The Balaban J connectivity index is 1.82. The lowest BCUT2D eigenvalue weighted by atomic mass is 9.62. The third-order valence-electron chi connectivity index (χ3n) is 7.06. The summed E-state index contributed by atoms with van der Waals surface area (Å²) < 4.78 is 84.9. The summed E-state index contributed by atoms with van der Waals surface area (Å²) in [6, 6.07) is 5.94. The highest BCUT2D eigenvalue weighted by molar-refractivity contribution is 8.27. The van der Waals surface area contributed by atoms with Gasteiger partial charge >= 0.3 is 12.5 Å². The van der Waals surface area contributed by atoms with Crippen molar-refractivity contribution in [1.82, 2.24) is 0 Å². The fourth-order valence-electron chi connectivity index (χ4n) is 5.00. The van der Waals surface area contributed by atoms with Gasteiger partial charge in [-0.25, -0.2) is 0 Å². The van der Waals surface area contributed by atoms with Crippen LogP contribution >= 0.6 is 11.8 Å². The molecule has 4 rings (SSSR count). The Morgan fingerprint density at radius 3 is 2.11 bits per heavy atom. The van der Waals surface area contributed by atoms with Crippen LogP contribution in [0.4, 0.5) is 36.8 Å². The van der Waals surface area contributed by atoms with Crippen LogP contribution in [-0.2, 0) is 28.2 Å². The van der Waals surface area contributed by atoms with E-state index in [2.05, 4.69) is 4.74 Å². The molecule has 0 spiro atoms. The summed E-state index contributed by atoms with van der Waals surface area (Å²) in [6.45, 7) is 7.60. The topological polar surface area (TPSA) is 46.6 Å². The Labute approximate surface area is 214 Å². The van der Waals surface area contributed by atoms with Crippen molar-refractivity contribution in [3.05, 3.63) is 58.7 Å². The molecule has 1 amide bonds. The minimum absolute atomic E-state index is 0.202. The van der Waals surface area contributed by atoms with E-state index in [4.69, 9.17) is 0 Å². The molecule has 0 radical (unpaired) electrons. The summed E-state index contributed by atoms with van der Waals surface area (Å²) in [5, 5.41) is -1.55. The van der Waals surface area contributed by atoms with Crippen molar-refractivity contribution >= 4 is 27.8 Å². The molecule has 1 aliphatic heterocycles. The summed E-state index contributed by atoms with van der Waals surface area (Å²) in [5.74, 6) is -0.533. The van der Waals surface area contributed by atoms with Crippen LogP contribution in [-0.4, -0.2) is 22.8 Å². The fraction of sp³-hybridized carbons (Fsp3) is 0.462. The number of ether oxygens (including phenoxy) is 1. The molecule has 2 aromatic carbocycles. The molecule has 0 N–H and O–H groups in total. The van der Waals surface area contributed by atoms with E-state index in [0.717, 1.165) is 29.5 Å². The molecule has 1 atom stereocenters. The van der Waals surface area contributed by atoms with Gasteiger partial charge in [0.1, 0.15) is 11.8 Å². The Hall–Kier alpha value is -2.69. The Morgan fingerprint density at radius 1 is 0.946 bits per heavy atom. The summed E-state index contributed by atoms with van der Waals surface area (Å²) in [5.41, 5.74) is -1.03. The number of thioether (sulfide) groups is 1. The number of rotatable bonds is 4. The van der Waals surface area contributed by atoms with Crippen molar-refractivity contribution < 1.29 is 40.7 Å². The zero-order valence-corrected chi connectivity index (χ0v) is 21.3. The zero-order valence-electron chi connectivity index (χ0n) is 20.5. The molecule has 2 aromatic rings. The molecule has 1 fully saturated rings. The van der Waals surface area contributed by atoms with Crippen molar-refractivity contribution in [2.75, 3.05) is 4.90 Å². The molecule has 200 valence electrons. The van der Waals surface area contributed by atoms with E-state index in [1.54, 1.807) is 0 Å². The standard InChI is InChI=1S/C26H25F6NO3S/c1-23(2)8-9-24(3,4)17-13-19(18(12-16(17)23)25(27,28)29)33-20(21(34)37-22(33)35)11-14-6-5-7-15(10-14)36-26(30,31)32/h5-7,10,12-13,20H,8-9,11H2,1-4H3.